The van der Waals surface area contributed by atoms with Gasteiger partial charge < -0.3 is 14.8 Å². The van der Waals surface area contributed by atoms with Gasteiger partial charge in [0.2, 0.25) is 0 Å². The third-order valence-electron chi connectivity index (χ3n) is 4.35. The Morgan fingerprint density at radius 2 is 1.84 bits per heavy atom. The summed E-state index contributed by atoms with van der Waals surface area (Å²) < 4.78 is 11.0. The van der Waals surface area contributed by atoms with Gasteiger partial charge in [-0.25, -0.2) is 10.2 Å². The molecule has 2 N–H and O–H groups in total. The molecule has 0 fully saturated rings. The Hall–Kier alpha value is -3.61. The topological polar surface area (TPSA) is 89.0 Å². The molecule has 0 saturated heterocycles. The van der Waals surface area contributed by atoms with E-state index in [1.165, 1.54) is 0 Å². The van der Waals surface area contributed by atoms with Crippen LogP contribution >= 0.6 is 0 Å². The van der Waals surface area contributed by atoms with Gasteiger partial charge in [-0.2, -0.15) is 5.10 Å². The molecule has 3 rings (SSSR count). The Morgan fingerprint density at radius 1 is 1.13 bits per heavy atom. The molecule has 2 aromatic carbocycles. The third-order valence-corrected chi connectivity index (χ3v) is 4.35. The van der Waals surface area contributed by atoms with Gasteiger partial charge in [0.05, 0.1) is 6.21 Å². The molecule has 0 radical (unpaired) electrons. The van der Waals surface area contributed by atoms with Crippen LogP contribution in [-0.4, -0.2) is 36.5 Å². The molecular formula is C24H27N3O4. The number of hydrogen-bond acceptors (Lipinski definition) is 5. The molecule has 162 valence electrons. The number of fused-ring (bicyclic) bond motifs is 1. The lowest BCUT2D eigenvalue weighted by atomic mass is 10.1. The highest BCUT2D eigenvalue weighted by molar-refractivity contribution is 5.90. The van der Waals surface area contributed by atoms with E-state index in [1.807, 2.05) is 60.7 Å². The van der Waals surface area contributed by atoms with Crippen molar-refractivity contribution in [3.63, 3.8) is 0 Å². The Kier molecular flexibility index (Phi) is 7.07. The molecule has 0 aliphatic carbocycles. The number of nitrogens with one attached hydrogen (secondary N) is 2. The lowest BCUT2D eigenvalue weighted by Crippen LogP contribution is -2.48. The van der Waals surface area contributed by atoms with Crippen molar-refractivity contribution in [3.05, 3.63) is 71.3 Å². The van der Waals surface area contributed by atoms with Gasteiger partial charge in [0, 0.05) is 17.6 Å². The van der Waals surface area contributed by atoms with E-state index < -0.39 is 23.6 Å². The number of nitrogens with zero attached hydrogens (tertiary/aromatic N) is 1. The van der Waals surface area contributed by atoms with E-state index in [1.54, 1.807) is 27.0 Å². The van der Waals surface area contributed by atoms with Gasteiger partial charge in [-0.3, -0.25) is 4.79 Å². The van der Waals surface area contributed by atoms with Crippen molar-refractivity contribution in [1.82, 2.24) is 10.7 Å². The van der Waals surface area contributed by atoms with Crippen LogP contribution in [0.3, 0.4) is 0 Å². The van der Waals surface area contributed by atoms with Crippen molar-refractivity contribution >= 4 is 24.3 Å². The molecule has 7 heteroatoms. The summed E-state index contributed by atoms with van der Waals surface area (Å²) in [6.07, 6.45) is 3.14. The monoisotopic (exact) mass is 421 g/mol. The van der Waals surface area contributed by atoms with Gasteiger partial charge in [0.15, 0.2) is 0 Å². The highest BCUT2D eigenvalue weighted by Gasteiger charge is 2.24. The zero-order valence-corrected chi connectivity index (χ0v) is 17.9. The molecule has 0 spiro atoms. The number of carbonyl (C=O) groups excluding carboxylic acids is 2. The largest absolute Gasteiger partial charge is 0.488 e. The van der Waals surface area contributed by atoms with Crippen LogP contribution in [0.4, 0.5) is 4.79 Å². The minimum atomic E-state index is -0.841. The zero-order chi connectivity index (χ0) is 22.3. The summed E-state index contributed by atoms with van der Waals surface area (Å²) in [5.74, 6) is 0.372. The third kappa shape index (κ3) is 6.99. The molecule has 0 saturated carbocycles. The van der Waals surface area contributed by atoms with Crippen molar-refractivity contribution in [3.8, 4) is 5.75 Å². The Bertz CT molecular complexity index is 978. The van der Waals surface area contributed by atoms with Crippen molar-refractivity contribution in [2.24, 2.45) is 5.10 Å². The van der Waals surface area contributed by atoms with Crippen LogP contribution in [0.1, 0.15) is 31.9 Å². The predicted molar refractivity (Wildman–Crippen MR) is 120 cm³/mol. The molecule has 1 aliphatic heterocycles. The van der Waals surface area contributed by atoms with E-state index in [-0.39, 0.29) is 0 Å². The van der Waals surface area contributed by atoms with Gasteiger partial charge >= 0.3 is 6.09 Å². The summed E-state index contributed by atoms with van der Waals surface area (Å²) in [5.41, 5.74) is 4.52. The maximum absolute atomic E-state index is 12.7. The van der Waals surface area contributed by atoms with E-state index >= 15 is 0 Å². The van der Waals surface area contributed by atoms with Crippen molar-refractivity contribution in [1.29, 1.82) is 0 Å². The molecular weight excluding hydrogens is 394 g/mol. The fourth-order valence-corrected chi connectivity index (χ4v) is 2.97. The Balaban J connectivity index is 1.65. The standard InChI is InChI=1S/C24H27N3O4/c1-24(2,3)31-23(29)26-20(14-17-9-5-4-6-10-17)22(28)27-25-15-18-13-19-11-7-8-12-21(19)30-16-18/h4-13,15,20H,14,16H2,1-3H3,(H,26,29)(H,27,28)/t20-/m1/s1. The highest BCUT2D eigenvalue weighted by Crippen LogP contribution is 2.24. The number of para-hydroxylation sites is 1. The molecule has 2 amide bonds. The first-order valence-electron chi connectivity index (χ1n) is 10.1. The number of rotatable bonds is 6. The summed E-state index contributed by atoms with van der Waals surface area (Å²) in [6.45, 7) is 5.66. The van der Waals surface area contributed by atoms with Gasteiger partial charge in [-0.1, -0.05) is 48.5 Å². The van der Waals surface area contributed by atoms with E-state index in [4.69, 9.17) is 9.47 Å². The second-order valence-corrected chi connectivity index (χ2v) is 8.17. The predicted octanol–water partition coefficient (Wildman–Crippen LogP) is 3.70. The van der Waals surface area contributed by atoms with Gasteiger partial charge in [0.25, 0.3) is 5.91 Å². The minimum absolute atomic E-state index is 0.306. The van der Waals surface area contributed by atoms with Crippen LogP contribution in [-0.2, 0) is 16.0 Å². The maximum Gasteiger partial charge on any atom is 0.408 e. The average Bonchev–Trinajstić information content (AvgIpc) is 2.72. The lowest BCUT2D eigenvalue weighted by Gasteiger charge is -2.23. The van der Waals surface area contributed by atoms with Crippen LogP contribution < -0.4 is 15.5 Å². The highest BCUT2D eigenvalue weighted by atomic mass is 16.6. The lowest BCUT2D eigenvalue weighted by molar-refractivity contribution is -0.123. The van der Waals surface area contributed by atoms with Crippen LogP contribution in [0.5, 0.6) is 5.75 Å². The zero-order valence-electron chi connectivity index (χ0n) is 17.9. The molecule has 1 heterocycles. The van der Waals surface area contributed by atoms with Gasteiger partial charge in [-0.05, 0) is 38.5 Å². The molecule has 7 nitrogen and oxygen atoms in total. The SMILES string of the molecule is CC(C)(C)OC(=O)N[C@H](Cc1ccccc1)C(=O)NN=CC1=Cc2ccccc2OC1. The van der Waals surface area contributed by atoms with E-state index in [9.17, 15) is 9.59 Å². The van der Waals surface area contributed by atoms with Gasteiger partial charge in [0.1, 0.15) is 24.0 Å². The number of hydrogen-bond donors (Lipinski definition) is 2. The van der Waals surface area contributed by atoms with Crippen molar-refractivity contribution in [2.75, 3.05) is 6.61 Å². The summed E-state index contributed by atoms with van der Waals surface area (Å²) in [6, 6.07) is 16.3. The summed E-state index contributed by atoms with van der Waals surface area (Å²) >= 11 is 0. The minimum Gasteiger partial charge on any atom is -0.488 e. The van der Waals surface area contributed by atoms with Crippen LogP contribution in [0.15, 0.2) is 65.3 Å². The molecule has 1 atom stereocenters. The number of carbonyl (C=O) groups is 2. The van der Waals surface area contributed by atoms with Crippen LogP contribution in [0.25, 0.3) is 6.08 Å². The normalized spacial score (nSPS) is 14.1. The second kappa shape index (κ2) is 9.93. The fourth-order valence-electron chi connectivity index (χ4n) is 2.97. The van der Waals surface area contributed by atoms with E-state index in [0.29, 0.717) is 13.0 Å². The smallest absolute Gasteiger partial charge is 0.408 e. The molecule has 0 aromatic heterocycles. The van der Waals surface area contributed by atoms with Gasteiger partial charge in [-0.15, -0.1) is 0 Å². The Labute approximate surface area is 182 Å². The summed E-state index contributed by atoms with van der Waals surface area (Å²) in [4.78, 5) is 25.0. The average molecular weight is 421 g/mol. The summed E-state index contributed by atoms with van der Waals surface area (Å²) in [5, 5.41) is 6.68. The summed E-state index contributed by atoms with van der Waals surface area (Å²) in [7, 11) is 0. The molecule has 0 unspecified atom stereocenters. The molecule has 31 heavy (non-hydrogen) atoms. The number of alkyl carbamates (subject to hydrolysis) is 1. The van der Waals surface area contributed by atoms with E-state index in [0.717, 1.165) is 22.4 Å². The molecule has 1 aliphatic rings. The Morgan fingerprint density at radius 3 is 2.58 bits per heavy atom. The maximum atomic E-state index is 12.7. The van der Waals surface area contributed by atoms with Crippen LogP contribution in [0, 0.1) is 0 Å². The number of amides is 2. The molecule has 2 aromatic rings. The first-order valence-corrected chi connectivity index (χ1v) is 10.1. The van der Waals surface area contributed by atoms with Crippen molar-refractivity contribution < 1.29 is 19.1 Å². The first-order chi connectivity index (χ1) is 14.8. The van der Waals surface area contributed by atoms with E-state index in [2.05, 4.69) is 15.8 Å². The quantitative estimate of drug-likeness (QED) is 0.550. The first kappa shape index (κ1) is 22.1. The number of hydrazone groups is 1. The number of benzene rings is 2. The number of ether oxygens (including phenoxy) is 2. The van der Waals surface area contributed by atoms with Crippen molar-refractivity contribution in [2.45, 2.75) is 38.8 Å². The fraction of sp³-hybridized carbons (Fsp3) is 0.292. The van der Waals surface area contributed by atoms with Crippen LogP contribution in [0.2, 0.25) is 0 Å². The molecule has 0 bridgehead atoms. The second-order valence-electron chi connectivity index (χ2n) is 8.17.